The van der Waals surface area contributed by atoms with E-state index < -0.39 is 30.6 Å². The third kappa shape index (κ3) is 3.43. The van der Waals surface area contributed by atoms with Crippen LogP contribution in [0.1, 0.15) is 18.9 Å². The minimum Gasteiger partial charge on any atom is -0.359 e. The van der Waals surface area contributed by atoms with E-state index >= 15 is 0 Å². The van der Waals surface area contributed by atoms with Crippen LogP contribution >= 0.6 is 0 Å². The number of benzene rings is 1. The topological polar surface area (TPSA) is 32.3 Å². The second-order valence-corrected chi connectivity index (χ2v) is 5.73. The van der Waals surface area contributed by atoms with Crippen molar-refractivity contribution in [3.8, 4) is 0 Å². The lowest BCUT2D eigenvalue weighted by Gasteiger charge is -2.30. The summed E-state index contributed by atoms with van der Waals surface area (Å²) >= 11 is 0. The maximum Gasteiger partial charge on any atom is 0.254 e. The van der Waals surface area contributed by atoms with E-state index in [0.717, 1.165) is 5.56 Å². The molecular weight excluding hydrogens is 293 g/mol. The van der Waals surface area contributed by atoms with Crippen molar-refractivity contribution in [2.45, 2.75) is 44.6 Å². The van der Waals surface area contributed by atoms with Crippen LogP contribution in [0.3, 0.4) is 0 Å². The maximum atomic E-state index is 14.5. The molecule has 3 nitrogen and oxygen atoms in total. The zero-order chi connectivity index (χ0) is 16.3. The Bertz CT molecular complexity index is 497. The molecule has 22 heavy (non-hydrogen) atoms. The molecule has 1 saturated heterocycles. The monoisotopic (exact) mass is 314 g/mol. The molecule has 0 radical (unpaired) electrons. The van der Waals surface area contributed by atoms with E-state index in [0.29, 0.717) is 0 Å². The molecule has 1 aliphatic heterocycles. The van der Waals surface area contributed by atoms with Crippen molar-refractivity contribution in [3.63, 3.8) is 0 Å². The molecule has 0 aromatic heterocycles. The van der Waals surface area contributed by atoms with Crippen molar-refractivity contribution in [1.29, 1.82) is 0 Å². The lowest BCUT2D eigenvalue weighted by atomic mass is 9.98. The largest absolute Gasteiger partial charge is 0.359 e. The van der Waals surface area contributed by atoms with E-state index in [1.807, 2.05) is 30.3 Å². The Hall–Kier alpha value is -1.56. The van der Waals surface area contributed by atoms with E-state index in [1.165, 1.54) is 18.9 Å². The van der Waals surface area contributed by atoms with E-state index in [2.05, 4.69) is 5.32 Å². The Morgan fingerprint density at radius 1 is 1.32 bits per heavy atom. The van der Waals surface area contributed by atoms with E-state index in [4.69, 9.17) is 0 Å². The minimum atomic E-state index is -2.65. The fourth-order valence-electron chi connectivity index (χ4n) is 3.16. The van der Waals surface area contributed by atoms with Crippen LogP contribution in [0, 0.1) is 5.92 Å². The highest BCUT2D eigenvalue weighted by atomic mass is 19.3. The summed E-state index contributed by atoms with van der Waals surface area (Å²) in [5, 5.41) is 2.44. The normalized spacial score (nSPS) is 29.0. The molecule has 1 amide bonds. The number of nitrogens with zero attached hydrogens (tertiary/aromatic N) is 1. The van der Waals surface area contributed by atoms with Gasteiger partial charge in [-0.15, -0.1) is 0 Å². The Morgan fingerprint density at radius 3 is 2.50 bits per heavy atom. The van der Waals surface area contributed by atoms with Gasteiger partial charge in [0, 0.05) is 25.9 Å². The first kappa shape index (κ1) is 16.8. The van der Waals surface area contributed by atoms with Crippen LogP contribution in [0.15, 0.2) is 30.3 Å². The molecule has 1 N–H and O–H groups in total. The summed E-state index contributed by atoms with van der Waals surface area (Å²) in [6.45, 7) is 1.70. The van der Waals surface area contributed by atoms with Crippen LogP contribution in [-0.4, -0.2) is 42.5 Å². The summed E-state index contributed by atoms with van der Waals surface area (Å²) in [4.78, 5) is 13.1. The molecule has 0 bridgehead atoms. The van der Waals surface area contributed by atoms with Crippen molar-refractivity contribution < 1.29 is 18.0 Å². The summed E-state index contributed by atoms with van der Waals surface area (Å²) in [5.41, 5.74) is 0.830. The van der Waals surface area contributed by atoms with Crippen LogP contribution in [0.2, 0.25) is 0 Å². The number of amides is 1. The highest BCUT2D eigenvalue weighted by Gasteiger charge is 2.51. The molecule has 4 atom stereocenters. The van der Waals surface area contributed by atoms with E-state index in [9.17, 15) is 18.0 Å². The van der Waals surface area contributed by atoms with Crippen LogP contribution < -0.4 is 5.32 Å². The number of hydrogen-bond acceptors (Lipinski definition) is 2. The summed E-state index contributed by atoms with van der Waals surface area (Å²) in [5.74, 6) is -1.15. The first-order valence-electron chi connectivity index (χ1n) is 7.38. The Balaban J connectivity index is 2.26. The Labute approximate surface area is 128 Å². The second-order valence-electron chi connectivity index (χ2n) is 5.73. The van der Waals surface area contributed by atoms with Gasteiger partial charge in [-0.1, -0.05) is 37.3 Å². The lowest BCUT2D eigenvalue weighted by Crippen LogP contribution is -2.43. The van der Waals surface area contributed by atoms with Gasteiger partial charge in [0.15, 0.2) is 0 Å². The molecule has 1 aromatic rings. The predicted octanol–water partition coefficient (Wildman–Crippen LogP) is 2.61. The number of rotatable bonds is 5. The Morgan fingerprint density at radius 2 is 1.95 bits per heavy atom. The molecule has 122 valence electrons. The molecule has 1 heterocycles. The maximum absolute atomic E-state index is 14.5. The molecule has 1 fully saturated rings. The van der Waals surface area contributed by atoms with Crippen LogP contribution in [-0.2, 0) is 11.3 Å². The smallest absolute Gasteiger partial charge is 0.254 e. The molecule has 1 aromatic carbocycles. The average molecular weight is 314 g/mol. The molecule has 0 aliphatic carbocycles. The van der Waals surface area contributed by atoms with Gasteiger partial charge in [0.1, 0.15) is 6.17 Å². The van der Waals surface area contributed by atoms with Gasteiger partial charge in [-0.2, -0.15) is 0 Å². The van der Waals surface area contributed by atoms with Crippen molar-refractivity contribution in [3.05, 3.63) is 35.9 Å². The van der Waals surface area contributed by atoms with E-state index in [1.54, 1.807) is 0 Å². The molecular formula is C16H21F3N2O. The fraction of sp³-hybridized carbons (Fsp3) is 0.562. The standard InChI is InChI=1S/C16H21F3N2O/c1-10-14(17)12(8-13(22)20-2)21(15(10)16(18)19)9-11-6-4-3-5-7-11/h3-7,10,12,14-16H,8-9H2,1-2H3,(H,20,22)/t10-,12+,14-,15-/m0/s1. The van der Waals surface area contributed by atoms with Crippen molar-refractivity contribution in [2.75, 3.05) is 7.05 Å². The van der Waals surface area contributed by atoms with Gasteiger partial charge in [-0.25, -0.2) is 13.2 Å². The summed E-state index contributed by atoms with van der Waals surface area (Å²) in [7, 11) is 1.46. The van der Waals surface area contributed by atoms with Crippen molar-refractivity contribution in [2.24, 2.45) is 5.92 Å². The van der Waals surface area contributed by atoms with Crippen molar-refractivity contribution >= 4 is 5.91 Å². The third-order valence-corrected chi connectivity index (χ3v) is 4.36. The van der Waals surface area contributed by atoms with Gasteiger partial charge in [0.05, 0.1) is 12.1 Å². The van der Waals surface area contributed by atoms with Gasteiger partial charge in [0.2, 0.25) is 5.91 Å². The van der Waals surface area contributed by atoms with Gasteiger partial charge in [-0.3, -0.25) is 9.69 Å². The first-order chi connectivity index (χ1) is 10.5. The van der Waals surface area contributed by atoms with Crippen LogP contribution in [0.5, 0.6) is 0 Å². The number of halogens is 3. The van der Waals surface area contributed by atoms with Gasteiger partial charge in [-0.05, 0) is 5.56 Å². The average Bonchev–Trinajstić information content (AvgIpc) is 2.73. The summed E-state index contributed by atoms with van der Waals surface area (Å²) in [6, 6.07) is 7.09. The quantitative estimate of drug-likeness (QED) is 0.906. The van der Waals surface area contributed by atoms with Gasteiger partial charge in [0.25, 0.3) is 6.43 Å². The van der Waals surface area contributed by atoms with Gasteiger partial charge >= 0.3 is 0 Å². The molecule has 1 aliphatic rings. The molecule has 0 saturated carbocycles. The first-order valence-corrected chi connectivity index (χ1v) is 7.38. The Kier molecular flexibility index (Phi) is 5.45. The summed E-state index contributed by atoms with van der Waals surface area (Å²) < 4.78 is 41.3. The third-order valence-electron chi connectivity index (χ3n) is 4.36. The molecule has 0 unspecified atom stereocenters. The minimum absolute atomic E-state index is 0.113. The van der Waals surface area contributed by atoms with E-state index in [-0.39, 0.29) is 18.9 Å². The number of carbonyl (C=O) groups excluding carboxylic acids is 1. The number of carbonyl (C=O) groups is 1. The highest BCUT2D eigenvalue weighted by Crippen LogP contribution is 2.38. The lowest BCUT2D eigenvalue weighted by molar-refractivity contribution is -0.122. The number of likely N-dealkylation sites (tertiary alicyclic amines) is 1. The molecule has 2 rings (SSSR count). The zero-order valence-electron chi connectivity index (χ0n) is 12.7. The molecule has 6 heteroatoms. The number of alkyl halides is 3. The van der Waals surface area contributed by atoms with Crippen molar-refractivity contribution in [1.82, 2.24) is 10.2 Å². The predicted molar refractivity (Wildman–Crippen MR) is 78.3 cm³/mol. The number of nitrogens with one attached hydrogen (secondary N) is 1. The number of hydrogen-bond donors (Lipinski definition) is 1. The van der Waals surface area contributed by atoms with Gasteiger partial charge < -0.3 is 5.32 Å². The van der Waals surface area contributed by atoms with Crippen LogP contribution in [0.25, 0.3) is 0 Å². The highest BCUT2D eigenvalue weighted by molar-refractivity contribution is 5.76. The summed E-state index contributed by atoms with van der Waals surface area (Å²) in [6.07, 6.45) is -4.20. The zero-order valence-corrected chi connectivity index (χ0v) is 12.7. The second kappa shape index (κ2) is 7.13. The SMILES string of the molecule is CNC(=O)C[C@@H]1[C@@H](F)[C@H](C)[C@@H](C(F)F)N1Cc1ccccc1. The van der Waals surface area contributed by atoms with Crippen LogP contribution in [0.4, 0.5) is 13.2 Å². The fourth-order valence-corrected chi connectivity index (χ4v) is 3.16. The molecule has 0 spiro atoms.